The number of nitrogens with one attached hydrogen (secondary N) is 2. The molecular weight excluding hydrogens is 414 g/mol. The minimum absolute atomic E-state index is 0.142. The van der Waals surface area contributed by atoms with E-state index in [0.29, 0.717) is 24.4 Å². The van der Waals surface area contributed by atoms with E-state index in [2.05, 4.69) is 33.7 Å². The third-order valence-electron chi connectivity index (χ3n) is 7.09. The Morgan fingerprint density at radius 3 is 2.64 bits per heavy atom. The maximum Gasteiger partial charge on any atom is 0.319 e. The lowest BCUT2D eigenvalue weighted by Gasteiger charge is -2.49. The summed E-state index contributed by atoms with van der Waals surface area (Å²) in [6.45, 7) is 2.78. The number of urea groups is 1. The van der Waals surface area contributed by atoms with Crippen LogP contribution in [0.1, 0.15) is 24.5 Å². The van der Waals surface area contributed by atoms with E-state index >= 15 is 0 Å². The largest absolute Gasteiger partial charge is 0.497 e. The number of ether oxygens (including phenoxy) is 1. The molecular formula is C26H31N5O2. The number of para-hydroxylation sites is 1. The molecule has 33 heavy (non-hydrogen) atoms. The molecule has 2 aromatic carbocycles. The summed E-state index contributed by atoms with van der Waals surface area (Å²) in [6, 6.07) is 20.1. The normalized spacial score (nSPS) is 23.8. The third-order valence-corrected chi connectivity index (χ3v) is 7.09. The lowest BCUT2D eigenvalue weighted by Crippen LogP contribution is -2.56. The minimum Gasteiger partial charge on any atom is -0.497 e. The second-order valence-corrected chi connectivity index (χ2v) is 9.05. The van der Waals surface area contributed by atoms with E-state index in [4.69, 9.17) is 9.84 Å². The Kier molecular flexibility index (Phi) is 6.05. The van der Waals surface area contributed by atoms with Crippen molar-refractivity contribution in [3.8, 4) is 17.0 Å². The van der Waals surface area contributed by atoms with Crippen molar-refractivity contribution in [1.82, 2.24) is 20.0 Å². The molecule has 2 N–H and O–H groups in total. The van der Waals surface area contributed by atoms with Gasteiger partial charge < -0.3 is 15.4 Å². The van der Waals surface area contributed by atoms with E-state index < -0.39 is 0 Å². The Balaban J connectivity index is 1.21. The number of fused-ring (bicyclic) bond motifs is 3. The molecule has 7 nitrogen and oxygen atoms in total. The van der Waals surface area contributed by atoms with Crippen LogP contribution in [0, 0.1) is 5.92 Å². The van der Waals surface area contributed by atoms with Crippen LogP contribution in [-0.4, -0.2) is 53.5 Å². The van der Waals surface area contributed by atoms with Crippen LogP contribution in [0.5, 0.6) is 5.75 Å². The smallest absolute Gasteiger partial charge is 0.319 e. The molecule has 0 saturated carbocycles. The average Bonchev–Trinajstić information content (AvgIpc) is 3.25. The summed E-state index contributed by atoms with van der Waals surface area (Å²) in [5, 5.41) is 10.8. The molecule has 4 heterocycles. The Hall–Kier alpha value is -3.32. The zero-order valence-corrected chi connectivity index (χ0v) is 19.2. The number of piperidine rings is 3. The molecule has 3 aliphatic heterocycles. The standard InChI is InChI=1S/C26H31N5O2/c1-30-25(15-24(29-30)18-8-10-22(33-2)11-9-18)23-17-31-13-12-19(23)14-21(31)16-27-26(32)28-20-6-4-3-5-7-20/h3-11,15,19,21,23H,12-14,16-17H2,1-2H3,(H2,27,28,32)/t19-,21+,23+/m0/s1. The molecule has 0 aliphatic carbocycles. The monoisotopic (exact) mass is 445 g/mol. The fourth-order valence-corrected chi connectivity index (χ4v) is 5.32. The number of carbonyl (C=O) groups excluding carboxylic acids is 1. The molecule has 4 atom stereocenters. The van der Waals surface area contributed by atoms with Crippen LogP contribution in [0.4, 0.5) is 10.5 Å². The molecule has 1 unspecified atom stereocenters. The Morgan fingerprint density at radius 2 is 1.94 bits per heavy atom. The van der Waals surface area contributed by atoms with Gasteiger partial charge in [-0.3, -0.25) is 9.58 Å². The number of aryl methyl sites for hydroxylation is 1. The predicted molar refractivity (Wildman–Crippen MR) is 129 cm³/mol. The number of anilines is 1. The summed E-state index contributed by atoms with van der Waals surface area (Å²) < 4.78 is 7.32. The van der Waals surface area contributed by atoms with E-state index in [1.807, 2.05) is 54.2 Å². The highest BCUT2D eigenvalue weighted by Crippen LogP contribution is 2.42. The van der Waals surface area contributed by atoms with Gasteiger partial charge in [0.15, 0.2) is 0 Å². The maximum absolute atomic E-state index is 12.3. The molecule has 6 rings (SSSR count). The van der Waals surface area contributed by atoms with E-state index in [-0.39, 0.29) is 6.03 Å². The van der Waals surface area contributed by atoms with Crippen molar-refractivity contribution in [2.45, 2.75) is 24.8 Å². The second kappa shape index (κ2) is 9.27. The van der Waals surface area contributed by atoms with Gasteiger partial charge in [0.2, 0.25) is 0 Å². The van der Waals surface area contributed by atoms with E-state index in [0.717, 1.165) is 42.2 Å². The predicted octanol–water partition coefficient (Wildman–Crippen LogP) is 4.10. The molecule has 7 heteroatoms. The molecule has 172 valence electrons. The van der Waals surface area contributed by atoms with Gasteiger partial charge in [-0.25, -0.2) is 4.79 Å². The highest BCUT2D eigenvalue weighted by atomic mass is 16.5. The molecule has 3 fully saturated rings. The molecule has 2 amide bonds. The van der Waals surface area contributed by atoms with Crippen molar-refractivity contribution in [2.75, 3.05) is 32.1 Å². The van der Waals surface area contributed by atoms with Gasteiger partial charge >= 0.3 is 6.03 Å². The molecule has 3 aliphatic rings. The number of amides is 2. The molecule has 0 spiro atoms. The van der Waals surface area contributed by atoms with Crippen LogP contribution in [0.2, 0.25) is 0 Å². The van der Waals surface area contributed by atoms with Crippen molar-refractivity contribution in [1.29, 1.82) is 0 Å². The molecule has 3 saturated heterocycles. The van der Waals surface area contributed by atoms with E-state index in [1.165, 1.54) is 12.1 Å². The summed E-state index contributed by atoms with van der Waals surface area (Å²) in [4.78, 5) is 14.8. The van der Waals surface area contributed by atoms with Crippen LogP contribution in [0.15, 0.2) is 60.7 Å². The van der Waals surface area contributed by atoms with Gasteiger partial charge in [-0.15, -0.1) is 0 Å². The number of hydrogen-bond donors (Lipinski definition) is 2. The Morgan fingerprint density at radius 1 is 1.15 bits per heavy atom. The maximum atomic E-state index is 12.3. The van der Waals surface area contributed by atoms with Gasteiger partial charge in [0.1, 0.15) is 5.75 Å². The first-order valence-corrected chi connectivity index (χ1v) is 11.6. The topological polar surface area (TPSA) is 71.4 Å². The van der Waals surface area contributed by atoms with Crippen molar-refractivity contribution >= 4 is 11.7 Å². The number of rotatable bonds is 6. The fourth-order valence-electron chi connectivity index (χ4n) is 5.32. The summed E-state index contributed by atoms with van der Waals surface area (Å²) in [6.07, 6.45) is 2.29. The van der Waals surface area contributed by atoms with Gasteiger partial charge in [-0.2, -0.15) is 5.10 Å². The third kappa shape index (κ3) is 4.59. The second-order valence-electron chi connectivity index (χ2n) is 9.05. The zero-order valence-electron chi connectivity index (χ0n) is 19.2. The van der Waals surface area contributed by atoms with E-state index in [9.17, 15) is 4.79 Å². The zero-order chi connectivity index (χ0) is 22.8. The van der Waals surface area contributed by atoms with Crippen molar-refractivity contribution in [3.63, 3.8) is 0 Å². The van der Waals surface area contributed by atoms with Crippen molar-refractivity contribution in [2.24, 2.45) is 13.0 Å². The number of hydrogen-bond acceptors (Lipinski definition) is 4. The molecule has 3 aromatic rings. The lowest BCUT2D eigenvalue weighted by molar-refractivity contribution is 0.0296. The first-order chi connectivity index (χ1) is 16.1. The number of nitrogens with zero attached hydrogens (tertiary/aromatic N) is 3. The van der Waals surface area contributed by atoms with E-state index in [1.54, 1.807) is 7.11 Å². The number of aromatic nitrogens is 2. The summed E-state index contributed by atoms with van der Waals surface area (Å²) in [5.41, 5.74) is 4.21. The summed E-state index contributed by atoms with van der Waals surface area (Å²) in [5.74, 6) is 1.93. The van der Waals surface area contributed by atoms with Gasteiger partial charge in [-0.1, -0.05) is 18.2 Å². The number of carbonyl (C=O) groups is 1. The number of methoxy groups -OCH3 is 1. The van der Waals surface area contributed by atoms with Gasteiger partial charge in [0, 0.05) is 49.0 Å². The molecule has 0 radical (unpaired) electrons. The average molecular weight is 446 g/mol. The van der Waals surface area contributed by atoms with Crippen LogP contribution < -0.4 is 15.4 Å². The SMILES string of the molecule is COc1ccc(-c2cc([C@@H]3CN4CC[C@H]3C[C@@H]4CNC(=O)Nc3ccccc3)n(C)n2)cc1. The first-order valence-electron chi connectivity index (χ1n) is 11.6. The Labute approximate surface area is 194 Å². The van der Waals surface area contributed by atoms with Gasteiger partial charge in [-0.05, 0) is 67.8 Å². The van der Waals surface area contributed by atoms with Crippen LogP contribution in [-0.2, 0) is 7.05 Å². The fraction of sp³-hybridized carbons (Fsp3) is 0.385. The highest BCUT2D eigenvalue weighted by Gasteiger charge is 2.41. The summed E-state index contributed by atoms with van der Waals surface area (Å²) in [7, 11) is 3.73. The van der Waals surface area contributed by atoms with Gasteiger partial charge in [0.05, 0.1) is 12.8 Å². The first kappa shape index (κ1) is 21.5. The summed E-state index contributed by atoms with van der Waals surface area (Å²) >= 11 is 0. The number of benzene rings is 2. The van der Waals surface area contributed by atoms with Crippen molar-refractivity contribution in [3.05, 3.63) is 66.4 Å². The molecule has 2 bridgehead atoms. The van der Waals surface area contributed by atoms with Gasteiger partial charge in [0.25, 0.3) is 0 Å². The van der Waals surface area contributed by atoms with Crippen molar-refractivity contribution < 1.29 is 9.53 Å². The Bertz CT molecular complexity index is 1100. The lowest BCUT2D eigenvalue weighted by atomic mass is 9.74. The highest BCUT2D eigenvalue weighted by molar-refractivity contribution is 5.89. The molecule has 1 aromatic heterocycles. The van der Waals surface area contributed by atoms with Crippen LogP contribution in [0.3, 0.4) is 0 Å². The quantitative estimate of drug-likeness (QED) is 0.599. The van der Waals surface area contributed by atoms with Crippen LogP contribution >= 0.6 is 0 Å². The minimum atomic E-state index is -0.142. The van der Waals surface area contributed by atoms with Crippen LogP contribution in [0.25, 0.3) is 11.3 Å².